The molecule has 0 heterocycles. The van der Waals surface area contributed by atoms with E-state index in [-0.39, 0.29) is 0 Å². The van der Waals surface area contributed by atoms with Gasteiger partial charge in [0.1, 0.15) is 0 Å². The molecule has 0 bridgehead atoms. The van der Waals surface area contributed by atoms with Crippen LogP contribution in [0.2, 0.25) is 0 Å². The maximum atomic E-state index is 2.47. The summed E-state index contributed by atoms with van der Waals surface area (Å²) >= 11 is 0. The fourth-order valence-electron chi connectivity index (χ4n) is 9.09. The normalized spacial score (nSPS) is 12.2. The Bertz CT molecular complexity index is 3220. The summed E-state index contributed by atoms with van der Waals surface area (Å²) in [6, 6.07) is 78.3. The number of benzene rings is 10. The minimum atomic E-state index is 1.07. The third-order valence-electron chi connectivity index (χ3n) is 12.1. The number of hydrogen-bond donors (Lipinski definition) is 0. The number of anilines is 3. The molecule has 0 radical (unpaired) electrons. The van der Waals surface area contributed by atoms with E-state index in [1.807, 2.05) is 0 Å². The Hall–Kier alpha value is -7.48. The van der Waals surface area contributed by atoms with E-state index in [1.165, 1.54) is 88.0 Å². The first-order valence-electron chi connectivity index (χ1n) is 20.6. The quantitative estimate of drug-likeness (QED) is 0.157. The summed E-state index contributed by atoms with van der Waals surface area (Å²) in [5.41, 5.74) is 15.7. The molecule has 1 aliphatic rings. The minimum Gasteiger partial charge on any atom is -0.310 e. The van der Waals surface area contributed by atoms with Crippen molar-refractivity contribution < 1.29 is 0 Å². The van der Waals surface area contributed by atoms with Gasteiger partial charge in [0, 0.05) is 16.9 Å². The zero-order valence-electron chi connectivity index (χ0n) is 32.7. The van der Waals surface area contributed by atoms with Crippen LogP contribution >= 0.6 is 0 Å². The van der Waals surface area contributed by atoms with Gasteiger partial charge < -0.3 is 4.90 Å². The van der Waals surface area contributed by atoms with Gasteiger partial charge in [0.15, 0.2) is 0 Å². The van der Waals surface area contributed by atoms with Crippen LogP contribution in [-0.4, -0.2) is 0 Å². The predicted molar refractivity (Wildman–Crippen MR) is 253 cm³/mol. The Morgan fingerprint density at radius 1 is 0.339 bits per heavy atom. The van der Waals surface area contributed by atoms with Crippen molar-refractivity contribution >= 4 is 55.5 Å². The largest absolute Gasteiger partial charge is 0.310 e. The molecule has 0 atom stereocenters. The average Bonchev–Trinajstić information content (AvgIpc) is 3.31. The Morgan fingerprint density at radius 3 is 1.75 bits per heavy atom. The molecule has 1 aliphatic carbocycles. The van der Waals surface area contributed by atoms with Gasteiger partial charge in [-0.2, -0.15) is 0 Å². The van der Waals surface area contributed by atoms with Crippen molar-refractivity contribution in [2.75, 3.05) is 4.90 Å². The molecule has 0 saturated heterocycles. The zero-order valence-corrected chi connectivity index (χ0v) is 32.7. The van der Waals surface area contributed by atoms with Crippen molar-refractivity contribution in [3.05, 3.63) is 230 Å². The molecule has 0 amide bonds. The van der Waals surface area contributed by atoms with Crippen molar-refractivity contribution in [3.63, 3.8) is 0 Å². The van der Waals surface area contributed by atoms with Crippen LogP contribution in [0.3, 0.4) is 0 Å². The minimum absolute atomic E-state index is 1.07. The van der Waals surface area contributed by atoms with E-state index in [0.29, 0.717) is 0 Å². The van der Waals surface area contributed by atoms with Gasteiger partial charge in [-0.15, -0.1) is 0 Å². The van der Waals surface area contributed by atoms with Crippen molar-refractivity contribution in [1.82, 2.24) is 0 Å². The van der Waals surface area contributed by atoms with E-state index in [0.717, 1.165) is 29.9 Å². The van der Waals surface area contributed by atoms with E-state index in [2.05, 4.69) is 229 Å². The predicted octanol–water partition coefficient (Wildman–Crippen LogP) is 16.2. The maximum absolute atomic E-state index is 2.47. The van der Waals surface area contributed by atoms with Gasteiger partial charge in [0.25, 0.3) is 0 Å². The van der Waals surface area contributed by atoms with E-state index in [1.54, 1.807) is 0 Å². The number of aryl methyl sites for hydroxylation is 1. The van der Waals surface area contributed by atoms with Crippen LogP contribution in [0.1, 0.15) is 17.5 Å². The van der Waals surface area contributed by atoms with E-state index >= 15 is 0 Å². The number of fused-ring (bicyclic) bond motifs is 4. The Morgan fingerprint density at radius 2 is 0.932 bits per heavy atom. The van der Waals surface area contributed by atoms with E-state index in [9.17, 15) is 0 Å². The fourth-order valence-corrected chi connectivity index (χ4v) is 9.09. The molecular formula is C58H41N. The lowest BCUT2D eigenvalue weighted by atomic mass is 9.89. The number of nitrogens with zero attached hydrogens (tertiary/aromatic N) is 1. The van der Waals surface area contributed by atoms with Gasteiger partial charge in [-0.1, -0.05) is 182 Å². The Balaban J connectivity index is 1.14. The van der Waals surface area contributed by atoms with Crippen LogP contribution in [0.25, 0.3) is 82.9 Å². The molecule has 0 aliphatic heterocycles. The summed E-state index contributed by atoms with van der Waals surface area (Å²) in [6.07, 6.45) is 6.79. The second-order valence-corrected chi connectivity index (χ2v) is 15.6. The third-order valence-corrected chi connectivity index (χ3v) is 12.1. The first-order valence-corrected chi connectivity index (χ1v) is 20.6. The zero-order chi connectivity index (χ0) is 39.1. The first-order chi connectivity index (χ1) is 29.2. The van der Waals surface area contributed by atoms with Crippen LogP contribution < -0.4 is 4.90 Å². The molecule has 11 rings (SSSR count). The molecule has 1 nitrogen and oxygen atoms in total. The Labute approximate surface area is 345 Å². The van der Waals surface area contributed by atoms with Crippen molar-refractivity contribution in [2.45, 2.75) is 12.8 Å². The monoisotopic (exact) mass is 751 g/mol. The summed E-state index contributed by atoms with van der Waals surface area (Å²) in [5.74, 6) is 0. The maximum Gasteiger partial charge on any atom is 0.0546 e. The summed E-state index contributed by atoms with van der Waals surface area (Å²) in [5, 5.41) is 7.44. The molecule has 0 aromatic heterocycles. The molecule has 0 spiro atoms. The third kappa shape index (κ3) is 6.48. The Kier molecular flexibility index (Phi) is 8.71. The number of allylic oxidation sites excluding steroid dienone is 1. The summed E-state index contributed by atoms with van der Waals surface area (Å²) in [4.78, 5) is 2.47. The smallest absolute Gasteiger partial charge is 0.0546 e. The summed E-state index contributed by atoms with van der Waals surface area (Å²) in [6.45, 7) is 0. The molecule has 0 unspecified atom stereocenters. The number of rotatable bonds is 7. The topological polar surface area (TPSA) is 3.24 Å². The SMILES string of the molecule is C1=Cc2c(cccc2-c2cccc(N(c3ccc(-c4cccc5ccccc45)cc3)c3cc(-c4ccc5ccccc5c4)ccc3-c3ccc4ccccc4c3)c2)CC1. The van der Waals surface area contributed by atoms with Crippen LogP contribution in [0.15, 0.2) is 218 Å². The molecule has 10 aromatic carbocycles. The highest BCUT2D eigenvalue weighted by Gasteiger charge is 2.21. The van der Waals surface area contributed by atoms with Gasteiger partial charge in [-0.05, 0) is 138 Å². The lowest BCUT2D eigenvalue weighted by molar-refractivity contribution is 0.986. The van der Waals surface area contributed by atoms with Gasteiger partial charge in [0.05, 0.1) is 5.69 Å². The second kappa shape index (κ2) is 14.8. The van der Waals surface area contributed by atoms with Gasteiger partial charge in [-0.3, -0.25) is 0 Å². The standard InChI is InChI=1S/C58H41N/c1-3-16-45-36-47(28-26-40(45)12-1)48-32-35-57(50-29-27-41-13-2-4-17-46(41)37-50)58(39-48)59(51-33-30-44(31-34-51)55-24-10-18-42-14-5-7-22-53(42)55)52-21-9-20-49(38-52)56-25-11-19-43-15-6-8-23-54(43)56/h1-5,7-14,16-39H,6,15H2. The average molecular weight is 752 g/mol. The van der Waals surface area contributed by atoms with Crippen LogP contribution in [-0.2, 0) is 6.42 Å². The van der Waals surface area contributed by atoms with Gasteiger partial charge in [-0.25, -0.2) is 0 Å². The molecule has 278 valence electrons. The fraction of sp³-hybridized carbons (Fsp3) is 0.0345. The summed E-state index contributed by atoms with van der Waals surface area (Å²) in [7, 11) is 0. The first kappa shape index (κ1) is 34.7. The molecule has 59 heavy (non-hydrogen) atoms. The second-order valence-electron chi connectivity index (χ2n) is 15.6. The van der Waals surface area contributed by atoms with Gasteiger partial charge in [0.2, 0.25) is 0 Å². The number of hydrogen-bond acceptors (Lipinski definition) is 1. The van der Waals surface area contributed by atoms with E-state index in [4.69, 9.17) is 0 Å². The van der Waals surface area contributed by atoms with Crippen molar-refractivity contribution in [1.29, 1.82) is 0 Å². The molecule has 1 heteroatoms. The highest BCUT2D eigenvalue weighted by Crippen LogP contribution is 2.45. The van der Waals surface area contributed by atoms with Crippen LogP contribution in [0.5, 0.6) is 0 Å². The molecule has 10 aromatic rings. The van der Waals surface area contributed by atoms with Gasteiger partial charge >= 0.3 is 0 Å². The van der Waals surface area contributed by atoms with Crippen molar-refractivity contribution in [2.24, 2.45) is 0 Å². The van der Waals surface area contributed by atoms with Crippen LogP contribution in [0.4, 0.5) is 17.1 Å². The van der Waals surface area contributed by atoms with Crippen molar-refractivity contribution in [3.8, 4) is 44.5 Å². The lowest BCUT2D eigenvalue weighted by Gasteiger charge is -2.29. The van der Waals surface area contributed by atoms with E-state index < -0.39 is 0 Å². The highest BCUT2D eigenvalue weighted by atomic mass is 15.1. The molecule has 0 fully saturated rings. The van der Waals surface area contributed by atoms with Crippen LogP contribution in [0, 0.1) is 0 Å². The highest BCUT2D eigenvalue weighted by molar-refractivity contribution is 5.99. The molecule has 0 N–H and O–H groups in total. The molecule has 0 saturated carbocycles. The summed E-state index contributed by atoms with van der Waals surface area (Å²) < 4.78 is 0. The molecular weight excluding hydrogens is 711 g/mol. The lowest BCUT2D eigenvalue weighted by Crippen LogP contribution is -2.12.